The lowest BCUT2D eigenvalue weighted by Crippen LogP contribution is -2.04. The van der Waals surface area contributed by atoms with E-state index in [0.29, 0.717) is 0 Å². The summed E-state index contributed by atoms with van der Waals surface area (Å²) in [4.78, 5) is 4.15. The number of aromatic nitrogens is 1. The molecular formula is C15H21NO. The molecule has 0 spiro atoms. The summed E-state index contributed by atoms with van der Waals surface area (Å²) in [5, 5.41) is 10.4. The number of hydrogen-bond acceptors (Lipinski definition) is 2. The van der Waals surface area contributed by atoms with Crippen molar-refractivity contribution in [2.45, 2.75) is 51.6 Å². The first-order valence-electron chi connectivity index (χ1n) is 6.56. The van der Waals surface area contributed by atoms with E-state index in [0.717, 1.165) is 24.0 Å². The van der Waals surface area contributed by atoms with Gasteiger partial charge in [-0.15, -0.1) is 0 Å². The average molecular weight is 231 g/mol. The fraction of sp³-hybridized carbons (Fsp3) is 0.533. The summed E-state index contributed by atoms with van der Waals surface area (Å²) in [5.74, 6) is 0. The van der Waals surface area contributed by atoms with Crippen LogP contribution >= 0.6 is 0 Å². The molecule has 1 aliphatic carbocycles. The highest BCUT2D eigenvalue weighted by Crippen LogP contribution is 2.28. The van der Waals surface area contributed by atoms with Crippen LogP contribution in [0.15, 0.2) is 30.1 Å². The van der Waals surface area contributed by atoms with Crippen molar-refractivity contribution in [2.75, 3.05) is 0 Å². The Kier molecular flexibility index (Phi) is 4.32. The van der Waals surface area contributed by atoms with Crippen LogP contribution in [0.5, 0.6) is 0 Å². The highest BCUT2D eigenvalue weighted by atomic mass is 16.3. The Morgan fingerprint density at radius 2 is 2.00 bits per heavy atom. The third-order valence-electron chi connectivity index (χ3n) is 3.39. The van der Waals surface area contributed by atoms with Crippen LogP contribution < -0.4 is 0 Å². The third kappa shape index (κ3) is 3.40. The van der Waals surface area contributed by atoms with Gasteiger partial charge in [0.2, 0.25) is 0 Å². The van der Waals surface area contributed by atoms with E-state index < -0.39 is 6.10 Å². The Hall–Kier alpha value is -1.15. The lowest BCUT2D eigenvalue weighted by Gasteiger charge is -2.17. The van der Waals surface area contributed by atoms with Crippen LogP contribution in [-0.2, 0) is 0 Å². The van der Waals surface area contributed by atoms with Crippen molar-refractivity contribution >= 4 is 0 Å². The largest absolute Gasteiger partial charge is 0.384 e. The third-order valence-corrected chi connectivity index (χ3v) is 3.39. The van der Waals surface area contributed by atoms with E-state index in [1.807, 2.05) is 19.2 Å². The number of aliphatic hydroxyl groups excluding tert-OH is 1. The normalized spacial score (nSPS) is 22.1. The zero-order valence-corrected chi connectivity index (χ0v) is 10.5. The number of aliphatic hydroxyl groups is 1. The van der Waals surface area contributed by atoms with Gasteiger partial charge in [-0.25, -0.2) is 0 Å². The van der Waals surface area contributed by atoms with Crippen molar-refractivity contribution in [3.8, 4) is 0 Å². The molecule has 0 saturated carbocycles. The van der Waals surface area contributed by atoms with Crippen molar-refractivity contribution < 1.29 is 5.11 Å². The van der Waals surface area contributed by atoms with Gasteiger partial charge >= 0.3 is 0 Å². The molecule has 0 saturated heterocycles. The Labute approximate surface area is 103 Å². The number of hydrogen-bond donors (Lipinski definition) is 1. The zero-order valence-electron chi connectivity index (χ0n) is 10.5. The summed E-state index contributed by atoms with van der Waals surface area (Å²) in [6.45, 7) is 2.01. The molecular weight excluding hydrogens is 210 g/mol. The molecule has 17 heavy (non-hydrogen) atoms. The minimum absolute atomic E-state index is 0.458. The maximum atomic E-state index is 10.4. The molecule has 0 amide bonds. The highest BCUT2D eigenvalue weighted by molar-refractivity contribution is 5.26. The number of rotatable bonds is 2. The molecule has 1 atom stereocenters. The molecule has 1 unspecified atom stereocenters. The Morgan fingerprint density at radius 3 is 2.82 bits per heavy atom. The standard InChI is InChI=1S/C15H21NO/c1-12-9-14(11-16-10-12)15(17)13-7-5-3-2-4-6-8-13/h7,9-11,15,17H,2-6,8H2,1H3/b13-7+. The van der Waals surface area contributed by atoms with E-state index >= 15 is 0 Å². The van der Waals surface area contributed by atoms with Gasteiger partial charge in [0.1, 0.15) is 6.10 Å². The SMILES string of the molecule is Cc1cncc(C(O)/C2=C/CCCCCC2)c1. The summed E-state index contributed by atoms with van der Waals surface area (Å²) >= 11 is 0. The lowest BCUT2D eigenvalue weighted by molar-refractivity contribution is 0.208. The molecule has 1 heterocycles. The van der Waals surface area contributed by atoms with Crippen molar-refractivity contribution in [2.24, 2.45) is 0 Å². The van der Waals surface area contributed by atoms with Gasteiger partial charge in [-0.3, -0.25) is 4.98 Å². The van der Waals surface area contributed by atoms with Crippen LogP contribution in [0.25, 0.3) is 0 Å². The molecule has 1 aromatic heterocycles. The predicted octanol–water partition coefficient (Wildman–Crippen LogP) is 3.70. The van der Waals surface area contributed by atoms with Crippen molar-refractivity contribution in [1.82, 2.24) is 4.98 Å². The number of aryl methyl sites for hydroxylation is 1. The molecule has 2 rings (SSSR count). The van der Waals surface area contributed by atoms with E-state index in [1.54, 1.807) is 6.20 Å². The van der Waals surface area contributed by atoms with E-state index in [4.69, 9.17) is 0 Å². The molecule has 1 N–H and O–H groups in total. The first kappa shape index (κ1) is 12.3. The van der Waals surface area contributed by atoms with Gasteiger partial charge in [-0.2, -0.15) is 0 Å². The van der Waals surface area contributed by atoms with Crippen LogP contribution in [0.2, 0.25) is 0 Å². The second-order valence-electron chi connectivity index (χ2n) is 4.93. The fourth-order valence-corrected chi connectivity index (χ4v) is 2.41. The van der Waals surface area contributed by atoms with Gasteiger partial charge in [0.25, 0.3) is 0 Å². The second-order valence-corrected chi connectivity index (χ2v) is 4.93. The van der Waals surface area contributed by atoms with Gasteiger partial charge in [0, 0.05) is 18.0 Å². The smallest absolute Gasteiger partial charge is 0.102 e. The predicted molar refractivity (Wildman–Crippen MR) is 69.7 cm³/mol. The van der Waals surface area contributed by atoms with Gasteiger partial charge in [-0.05, 0) is 43.7 Å². The maximum absolute atomic E-state index is 10.4. The summed E-state index contributed by atoms with van der Waals surface area (Å²) in [6, 6.07) is 2.03. The summed E-state index contributed by atoms with van der Waals surface area (Å²) in [7, 11) is 0. The first-order valence-corrected chi connectivity index (χ1v) is 6.56. The summed E-state index contributed by atoms with van der Waals surface area (Å²) < 4.78 is 0. The molecule has 1 aliphatic rings. The van der Waals surface area contributed by atoms with Crippen molar-refractivity contribution in [3.05, 3.63) is 41.2 Å². The van der Waals surface area contributed by atoms with Gasteiger partial charge in [-0.1, -0.05) is 25.0 Å². The topological polar surface area (TPSA) is 33.1 Å². The van der Waals surface area contributed by atoms with Crippen molar-refractivity contribution in [3.63, 3.8) is 0 Å². The Morgan fingerprint density at radius 1 is 1.18 bits per heavy atom. The van der Waals surface area contributed by atoms with Gasteiger partial charge in [0.15, 0.2) is 0 Å². The first-order chi connectivity index (χ1) is 8.27. The number of allylic oxidation sites excluding steroid dienone is 1. The highest BCUT2D eigenvalue weighted by Gasteiger charge is 2.14. The molecule has 0 aromatic carbocycles. The van der Waals surface area contributed by atoms with E-state index in [2.05, 4.69) is 11.1 Å². The lowest BCUT2D eigenvalue weighted by atomic mass is 9.93. The molecule has 2 nitrogen and oxygen atoms in total. The summed E-state index contributed by atoms with van der Waals surface area (Å²) in [6.07, 6.45) is 12.6. The molecule has 0 bridgehead atoms. The fourth-order valence-electron chi connectivity index (χ4n) is 2.41. The Balaban J connectivity index is 2.14. The number of pyridine rings is 1. The van der Waals surface area contributed by atoms with Crippen LogP contribution in [0.4, 0.5) is 0 Å². The van der Waals surface area contributed by atoms with Gasteiger partial charge in [0.05, 0.1) is 0 Å². The average Bonchev–Trinajstić information content (AvgIpc) is 2.28. The molecule has 0 radical (unpaired) electrons. The van der Waals surface area contributed by atoms with Crippen LogP contribution in [-0.4, -0.2) is 10.1 Å². The summed E-state index contributed by atoms with van der Waals surface area (Å²) in [5.41, 5.74) is 3.21. The molecule has 0 fully saturated rings. The minimum Gasteiger partial charge on any atom is -0.384 e. The van der Waals surface area contributed by atoms with E-state index in [-0.39, 0.29) is 0 Å². The minimum atomic E-state index is -0.458. The maximum Gasteiger partial charge on any atom is 0.102 e. The zero-order chi connectivity index (χ0) is 12.1. The number of nitrogens with zero attached hydrogens (tertiary/aromatic N) is 1. The van der Waals surface area contributed by atoms with Crippen molar-refractivity contribution in [1.29, 1.82) is 0 Å². The second kappa shape index (κ2) is 5.97. The molecule has 92 valence electrons. The van der Waals surface area contributed by atoms with Crippen LogP contribution in [0, 0.1) is 6.92 Å². The van der Waals surface area contributed by atoms with E-state index in [1.165, 1.54) is 31.3 Å². The molecule has 1 aromatic rings. The molecule has 0 aliphatic heterocycles. The van der Waals surface area contributed by atoms with Crippen LogP contribution in [0.3, 0.4) is 0 Å². The molecule has 2 heteroatoms. The quantitative estimate of drug-likeness (QED) is 0.787. The Bertz CT molecular complexity index is 398. The van der Waals surface area contributed by atoms with Gasteiger partial charge < -0.3 is 5.11 Å². The van der Waals surface area contributed by atoms with Crippen LogP contribution in [0.1, 0.15) is 55.8 Å². The van der Waals surface area contributed by atoms with E-state index in [9.17, 15) is 5.11 Å². The monoisotopic (exact) mass is 231 g/mol.